The summed E-state index contributed by atoms with van der Waals surface area (Å²) >= 11 is 0. The van der Waals surface area contributed by atoms with E-state index in [2.05, 4.69) is 65.8 Å². The van der Waals surface area contributed by atoms with Gasteiger partial charge in [0.1, 0.15) is 5.54 Å². The van der Waals surface area contributed by atoms with Crippen LogP contribution < -0.4 is 0 Å². The van der Waals surface area contributed by atoms with Crippen LogP contribution in [0.1, 0.15) is 48.5 Å². The third-order valence-corrected chi connectivity index (χ3v) is 5.76. The van der Waals surface area contributed by atoms with Crippen LogP contribution in [0.25, 0.3) is 0 Å². The van der Waals surface area contributed by atoms with Crippen LogP contribution in [0, 0.1) is 5.92 Å². The largest absolute Gasteiger partial charge is 0.337 e. The highest BCUT2D eigenvalue weighted by Gasteiger charge is 2.37. The molecule has 1 aliphatic carbocycles. The smallest absolute Gasteiger partial charge is 0.278 e. The summed E-state index contributed by atoms with van der Waals surface area (Å²) in [6, 6.07) is 0. The number of hydrogen-bond donors (Lipinski definition) is 0. The average molecular weight is 250 g/mol. The summed E-state index contributed by atoms with van der Waals surface area (Å²) in [5.41, 5.74) is 6.37. The monoisotopic (exact) mass is 250 g/mol. The zero-order valence-electron chi connectivity index (χ0n) is 13.0. The molecule has 0 bridgehead atoms. The molecule has 96 valence electrons. The fourth-order valence-electron chi connectivity index (χ4n) is 2.98. The molecule has 0 spiro atoms. The van der Waals surface area contributed by atoms with Crippen molar-refractivity contribution in [1.82, 2.24) is 0 Å². The minimum absolute atomic E-state index is 0.230. The zero-order valence-corrected chi connectivity index (χ0v) is 14.0. The molecule has 0 saturated carbocycles. The Labute approximate surface area is 109 Å². The SMILES string of the molecule is CC1=C(C)C(C)C([N+](=[Si](C)C)C(C)(C)C)=C1C. The second kappa shape index (κ2) is 4.64. The van der Waals surface area contributed by atoms with Crippen molar-refractivity contribution in [2.24, 2.45) is 5.92 Å². The second-order valence-electron chi connectivity index (χ2n) is 6.49. The molecule has 1 nitrogen and oxygen atoms in total. The van der Waals surface area contributed by atoms with Crippen molar-refractivity contribution in [2.45, 2.75) is 67.1 Å². The summed E-state index contributed by atoms with van der Waals surface area (Å²) in [5.74, 6) is 0.592. The predicted molar refractivity (Wildman–Crippen MR) is 77.7 cm³/mol. The lowest BCUT2D eigenvalue weighted by atomic mass is 10.0. The summed E-state index contributed by atoms with van der Waals surface area (Å²) in [6.07, 6.45) is 0. The molecule has 1 rings (SSSR count). The first kappa shape index (κ1) is 14.6. The van der Waals surface area contributed by atoms with Gasteiger partial charge in [-0.25, -0.2) is 0 Å². The highest BCUT2D eigenvalue weighted by Crippen LogP contribution is 2.38. The van der Waals surface area contributed by atoms with Crippen molar-refractivity contribution in [3.05, 3.63) is 22.4 Å². The molecule has 1 unspecified atom stereocenters. The van der Waals surface area contributed by atoms with Crippen LogP contribution in [0.3, 0.4) is 0 Å². The normalized spacial score (nSPS) is 21.4. The minimum Gasteiger partial charge on any atom is -0.278 e. The van der Waals surface area contributed by atoms with Crippen LogP contribution in [0.5, 0.6) is 0 Å². The zero-order chi connectivity index (χ0) is 13.5. The topological polar surface area (TPSA) is 3.01 Å². The minimum atomic E-state index is -0.476. The van der Waals surface area contributed by atoms with E-state index in [1.54, 1.807) is 11.3 Å². The number of rotatable bonds is 1. The van der Waals surface area contributed by atoms with Crippen LogP contribution >= 0.6 is 0 Å². The number of hydrogen-bond acceptors (Lipinski definition) is 0. The Kier molecular flexibility index (Phi) is 3.97. The van der Waals surface area contributed by atoms with Gasteiger partial charge in [0.15, 0.2) is 5.70 Å². The lowest BCUT2D eigenvalue weighted by Crippen LogP contribution is -2.38. The summed E-state index contributed by atoms with van der Waals surface area (Å²) < 4.78 is 2.69. The van der Waals surface area contributed by atoms with Crippen LogP contribution in [0.15, 0.2) is 22.4 Å². The van der Waals surface area contributed by atoms with E-state index in [1.165, 1.54) is 11.1 Å². The van der Waals surface area contributed by atoms with E-state index in [1.807, 2.05) is 0 Å². The molecule has 0 heterocycles. The molecular weight excluding hydrogens is 222 g/mol. The van der Waals surface area contributed by atoms with Gasteiger partial charge in [-0.3, -0.25) is 4.22 Å². The average Bonchev–Trinajstić information content (AvgIpc) is 2.33. The van der Waals surface area contributed by atoms with E-state index in [0.717, 1.165) is 0 Å². The van der Waals surface area contributed by atoms with Gasteiger partial charge in [0.05, 0.1) is 5.92 Å². The van der Waals surface area contributed by atoms with E-state index < -0.39 is 8.59 Å². The van der Waals surface area contributed by atoms with Gasteiger partial charge in [0, 0.05) is 18.7 Å². The Morgan fingerprint density at radius 3 is 1.71 bits per heavy atom. The van der Waals surface area contributed by atoms with Crippen molar-refractivity contribution in [1.29, 1.82) is 0 Å². The van der Waals surface area contributed by atoms with E-state index >= 15 is 0 Å². The molecule has 1 aliphatic rings. The second-order valence-corrected chi connectivity index (χ2v) is 8.84. The maximum absolute atomic E-state index is 2.69. The van der Waals surface area contributed by atoms with E-state index in [9.17, 15) is 0 Å². The van der Waals surface area contributed by atoms with E-state index in [-0.39, 0.29) is 5.54 Å². The van der Waals surface area contributed by atoms with Crippen LogP contribution in [-0.4, -0.2) is 18.3 Å². The number of allylic oxidation sites excluding steroid dienone is 3. The first-order valence-electron chi connectivity index (χ1n) is 6.58. The fourth-order valence-corrected chi connectivity index (χ4v) is 5.16. The van der Waals surface area contributed by atoms with E-state index in [4.69, 9.17) is 0 Å². The maximum Gasteiger partial charge on any atom is 0.337 e. The summed E-state index contributed by atoms with van der Waals surface area (Å²) in [6.45, 7) is 21.0. The molecule has 0 aromatic carbocycles. The van der Waals surface area contributed by atoms with Gasteiger partial charge in [0.2, 0.25) is 0 Å². The Balaban J connectivity index is 3.42. The molecule has 0 radical (unpaired) electrons. The Hall–Kier alpha value is -0.503. The van der Waals surface area contributed by atoms with Gasteiger partial charge < -0.3 is 0 Å². The van der Waals surface area contributed by atoms with Gasteiger partial charge in [-0.2, -0.15) is 0 Å². The highest BCUT2D eigenvalue weighted by atomic mass is 28.2. The van der Waals surface area contributed by atoms with Crippen LogP contribution in [-0.2, 0) is 0 Å². The van der Waals surface area contributed by atoms with Crippen molar-refractivity contribution in [2.75, 3.05) is 0 Å². The summed E-state index contributed by atoms with van der Waals surface area (Å²) in [7, 11) is -0.476. The lowest BCUT2D eigenvalue weighted by Gasteiger charge is -2.25. The van der Waals surface area contributed by atoms with Gasteiger partial charge >= 0.3 is 8.59 Å². The molecule has 0 amide bonds. The molecule has 1 atom stereocenters. The standard InChI is InChI=1S/C15H28NSi/c1-10-11(2)13(4)14(12(10)3)16(17(8)9)15(5,6)7/h12H,1-9H3/q+1. The molecule has 0 fully saturated rings. The molecule has 0 aliphatic heterocycles. The van der Waals surface area contributed by atoms with Crippen LogP contribution in [0.2, 0.25) is 13.1 Å². The first-order chi connectivity index (χ1) is 7.59. The van der Waals surface area contributed by atoms with Crippen molar-refractivity contribution >= 4 is 8.59 Å². The van der Waals surface area contributed by atoms with Crippen molar-refractivity contribution in [3.63, 3.8) is 0 Å². The quantitative estimate of drug-likeness (QED) is 0.599. The molecule has 17 heavy (non-hydrogen) atoms. The molecule has 0 aromatic rings. The van der Waals surface area contributed by atoms with Gasteiger partial charge in [-0.15, -0.1) is 0 Å². The van der Waals surface area contributed by atoms with Gasteiger partial charge in [-0.1, -0.05) is 5.57 Å². The predicted octanol–water partition coefficient (Wildman–Crippen LogP) is 4.58. The summed E-state index contributed by atoms with van der Waals surface area (Å²) in [4.78, 5) is 0. The van der Waals surface area contributed by atoms with E-state index in [0.29, 0.717) is 5.92 Å². The fraction of sp³-hybridized carbons (Fsp3) is 0.733. The van der Waals surface area contributed by atoms with Crippen molar-refractivity contribution < 1.29 is 4.22 Å². The lowest BCUT2D eigenvalue weighted by molar-refractivity contribution is -0.547. The maximum atomic E-state index is 2.69. The number of nitrogens with zero attached hydrogens (tertiary/aromatic N) is 1. The molecule has 0 aromatic heterocycles. The first-order valence-corrected chi connectivity index (χ1v) is 9.02. The molecular formula is C15H28NSi+. The Morgan fingerprint density at radius 1 is 1.00 bits per heavy atom. The van der Waals surface area contributed by atoms with Gasteiger partial charge in [0.25, 0.3) is 0 Å². The molecule has 0 saturated heterocycles. The summed E-state index contributed by atoms with van der Waals surface area (Å²) in [5, 5.41) is 0. The Morgan fingerprint density at radius 2 is 1.47 bits per heavy atom. The highest BCUT2D eigenvalue weighted by molar-refractivity contribution is 6.39. The van der Waals surface area contributed by atoms with Gasteiger partial charge in [-0.05, 0) is 54.0 Å². The van der Waals surface area contributed by atoms with Crippen LogP contribution in [0.4, 0.5) is 0 Å². The molecule has 2 heteroatoms. The Bertz CT molecular complexity index is 426. The molecule has 0 N–H and O–H groups in total. The third-order valence-electron chi connectivity index (χ3n) is 3.96. The van der Waals surface area contributed by atoms with Crippen molar-refractivity contribution in [3.8, 4) is 0 Å². The third kappa shape index (κ3) is 2.52.